The van der Waals surface area contributed by atoms with Crippen molar-refractivity contribution in [2.75, 3.05) is 0 Å². The van der Waals surface area contributed by atoms with E-state index >= 15 is 0 Å². The van der Waals surface area contributed by atoms with Crippen molar-refractivity contribution in [3.05, 3.63) is 35.9 Å². The minimum Gasteiger partial charge on any atom is -0.327 e. The van der Waals surface area contributed by atoms with Crippen LogP contribution in [0.3, 0.4) is 0 Å². The van der Waals surface area contributed by atoms with Crippen molar-refractivity contribution in [3.8, 4) is 0 Å². The first-order valence-electron chi connectivity index (χ1n) is 5.63. The van der Waals surface area contributed by atoms with Crippen LogP contribution < -0.4 is 0 Å². The third-order valence-corrected chi connectivity index (χ3v) is 2.48. The maximum atomic E-state index is 12.2. The van der Waals surface area contributed by atoms with E-state index in [9.17, 15) is 4.79 Å². The molecule has 7 heteroatoms. The Kier molecular flexibility index (Phi) is 3.61. The molecule has 0 aliphatic carbocycles. The predicted molar refractivity (Wildman–Crippen MR) is 63.4 cm³/mol. The number of carbonyl (C=O) groups excluding carboxylic acids is 1. The van der Waals surface area contributed by atoms with Gasteiger partial charge < -0.3 is 4.90 Å². The summed E-state index contributed by atoms with van der Waals surface area (Å²) in [5, 5.41) is 13.1. The second-order valence-electron chi connectivity index (χ2n) is 4.08. The van der Waals surface area contributed by atoms with Crippen LogP contribution in [0.15, 0.2) is 24.4 Å². The summed E-state index contributed by atoms with van der Waals surface area (Å²) in [6.07, 6.45) is 1.70. The summed E-state index contributed by atoms with van der Waals surface area (Å²) in [6.45, 7) is 4.29. The smallest absolute Gasteiger partial charge is 0.296 e. The van der Waals surface area contributed by atoms with Crippen LogP contribution in [0.25, 0.3) is 0 Å². The summed E-state index contributed by atoms with van der Waals surface area (Å²) in [6, 6.07) is 5.63. The van der Waals surface area contributed by atoms with Crippen LogP contribution in [0.5, 0.6) is 0 Å². The van der Waals surface area contributed by atoms with Crippen LogP contribution in [0.4, 0.5) is 0 Å². The van der Waals surface area contributed by atoms with Crippen LogP contribution in [-0.2, 0) is 6.54 Å². The summed E-state index contributed by atoms with van der Waals surface area (Å²) in [7, 11) is 0. The molecule has 0 saturated heterocycles. The molecular formula is C11H14N6O. The molecule has 1 amide bonds. The van der Waals surface area contributed by atoms with Crippen molar-refractivity contribution < 1.29 is 4.79 Å². The number of pyridine rings is 1. The van der Waals surface area contributed by atoms with Crippen LogP contribution in [0, 0.1) is 0 Å². The second-order valence-corrected chi connectivity index (χ2v) is 4.08. The molecule has 0 unspecified atom stereocenters. The van der Waals surface area contributed by atoms with E-state index < -0.39 is 0 Å². The van der Waals surface area contributed by atoms with Gasteiger partial charge in [0.15, 0.2) is 0 Å². The summed E-state index contributed by atoms with van der Waals surface area (Å²) in [5.74, 6) is -0.191. The van der Waals surface area contributed by atoms with Gasteiger partial charge in [-0.3, -0.25) is 9.78 Å². The first-order valence-corrected chi connectivity index (χ1v) is 5.63. The zero-order chi connectivity index (χ0) is 13.0. The summed E-state index contributed by atoms with van der Waals surface area (Å²) >= 11 is 0. The molecule has 7 nitrogen and oxygen atoms in total. The van der Waals surface area contributed by atoms with Gasteiger partial charge in [-0.2, -0.15) is 5.21 Å². The number of aromatic nitrogens is 5. The standard InChI is InChI=1S/C11H14N6O/c1-8(2)17(7-9-5-3-4-6-12-9)11(18)10-13-15-16-14-10/h3-6,8H,7H2,1-2H3,(H,13,14,15,16). The fraction of sp³-hybridized carbons (Fsp3) is 0.364. The quantitative estimate of drug-likeness (QED) is 0.855. The van der Waals surface area contributed by atoms with E-state index in [1.165, 1.54) is 0 Å². The molecule has 0 bridgehead atoms. The number of nitrogens with zero attached hydrogens (tertiary/aromatic N) is 5. The van der Waals surface area contributed by atoms with Gasteiger partial charge in [0.1, 0.15) is 0 Å². The van der Waals surface area contributed by atoms with Gasteiger partial charge >= 0.3 is 0 Å². The number of nitrogens with one attached hydrogen (secondary N) is 1. The molecule has 0 atom stereocenters. The van der Waals surface area contributed by atoms with Gasteiger partial charge in [0.2, 0.25) is 0 Å². The lowest BCUT2D eigenvalue weighted by Crippen LogP contribution is -2.37. The zero-order valence-corrected chi connectivity index (χ0v) is 10.2. The lowest BCUT2D eigenvalue weighted by atomic mass is 10.2. The molecule has 1 N–H and O–H groups in total. The molecule has 0 radical (unpaired) electrons. The number of hydrogen-bond donors (Lipinski definition) is 1. The second kappa shape index (κ2) is 5.35. The highest BCUT2D eigenvalue weighted by atomic mass is 16.2. The molecule has 18 heavy (non-hydrogen) atoms. The van der Waals surface area contributed by atoms with E-state index in [1.54, 1.807) is 11.1 Å². The van der Waals surface area contributed by atoms with Gasteiger partial charge in [0.05, 0.1) is 12.2 Å². The third-order valence-electron chi connectivity index (χ3n) is 2.48. The van der Waals surface area contributed by atoms with Gasteiger partial charge in [-0.05, 0) is 31.2 Å². The molecular weight excluding hydrogens is 232 g/mol. The molecule has 94 valence electrons. The molecule has 0 aromatic carbocycles. The molecule has 2 heterocycles. The Bertz CT molecular complexity index is 496. The fourth-order valence-electron chi connectivity index (χ4n) is 1.54. The predicted octanol–water partition coefficient (Wildman–Crippen LogP) is 0.645. The lowest BCUT2D eigenvalue weighted by molar-refractivity contribution is 0.0675. The molecule has 0 aliphatic rings. The number of aromatic amines is 1. The van der Waals surface area contributed by atoms with Crippen LogP contribution in [0.2, 0.25) is 0 Å². The maximum absolute atomic E-state index is 12.2. The average Bonchev–Trinajstić information content (AvgIpc) is 2.90. The number of rotatable bonds is 4. The molecule has 2 aromatic rings. The van der Waals surface area contributed by atoms with E-state index in [1.807, 2.05) is 32.0 Å². The summed E-state index contributed by atoms with van der Waals surface area (Å²) < 4.78 is 0. The maximum Gasteiger partial charge on any atom is 0.296 e. The van der Waals surface area contributed by atoms with Crippen molar-refractivity contribution in [2.24, 2.45) is 0 Å². The Hall–Kier alpha value is -2.31. The topological polar surface area (TPSA) is 87.7 Å². The van der Waals surface area contributed by atoms with E-state index in [4.69, 9.17) is 0 Å². The highest BCUT2D eigenvalue weighted by Crippen LogP contribution is 2.08. The minimum atomic E-state index is -0.260. The highest BCUT2D eigenvalue weighted by Gasteiger charge is 2.22. The van der Waals surface area contributed by atoms with Gasteiger partial charge in [-0.15, -0.1) is 10.2 Å². The van der Waals surface area contributed by atoms with Gasteiger partial charge in [-0.1, -0.05) is 6.07 Å². The molecule has 0 spiro atoms. The minimum absolute atomic E-state index is 0.0259. The van der Waals surface area contributed by atoms with E-state index in [-0.39, 0.29) is 17.8 Å². The van der Waals surface area contributed by atoms with Crippen molar-refractivity contribution in [1.82, 2.24) is 30.5 Å². The van der Waals surface area contributed by atoms with Crippen molar-refractivity contribution in [1.29, 1.82) is 0 Å². The Balaban J connectivity index is 2.17. The van der Waals surface area contributed by atoms with Crippen molar-refractivity contribution >= 4 is 5.91 Å². The van der Waals surface area contributed by atoms with Gasteiger partial charge in [0, 0.05) is 12.2 Å². The highest BCUT2D eigenvalue weighted by molar-refractivity contribution is 5.90. The first-order chi connectivity index (χ1) is 8.68. The van der Waals surface area contributed by atoms with Crippen molar-refractivity contribution in [2.45, 2.75) is 26.4 Å². The van der Waals surface area contributed by atoms with E-state index in [0.29, 0.717) is 6.54 Å². The Morgan fingerprint density at radius 3 is 2.83 bits per heavy atom. The van der Waals surface area contributed by atoms with Gasteiger partial charge in [-0.25, -0.2) is 0 Å². The molecule has 0 aliphatic heterocycles. The lowest BCUT2D eigenvalue weighted by Gasteiger charge is -2.24. The number of hydrogen-bond acceptors (Lipinski definition) is 5. The first kappa shape index (κ1) is 12.2. The molecule has 0 saturated carbocycles. The number of amides is 1. The molecule has 0 fully saturated rings. The fourth-order valence-corrected chi connectivity index (χ4v) is 1.54. The molecule has 2 aromatic heterocycles. The Labute approximate surface area is 104 Å². The number of H-pyrrole nitrogens is 1. The normalized spacial score (nSPS) is 10.6. The Morgan fingerprint density at radius 1 is 1.44 bits per heavy atom. The zero-order valence-electron chi connectivity index (χ0n) is 10.2. The number of carbonyl (C=O) groups is 1. The number of tetrazole rings is 1. The summed E-state index contributed by atoms with van der Waals surface area (Å²) in [4.78, 5) is 18.0. The Morgan fingerprint density at radius 2 is 2.28 bits per heavy atom. The van der Waals surface area contributed by atoms with Gasteiger partial charge in [0.25, 0.3) is 11.7 Å². The van der Waals surface area contributed by atoms with Crippen LogP contribution in [0.1, 0.15) is 30.2 Å². The average molecular weight is 246 g/mol. The van der Waals surface area contributed by atoms with E-state index in [0.717, 1.165) is 5.69 Å². The molecule has 2 rings (SSSR count). The third kappa shape index (κ3) is 2.68. The van der Waals surface area contributed by atoms with Crippen LogP contribution in [-0.4, -0.2) is 42.5 Å². The monoisotopic (exact) mass is 246 g/mol. The van der Waals surface area contributed by atoms with E-state index in [2.05, 4.69) is 25.6 Å². The summed E-state index contributed by atoms with van der Waals surface area (Å²) in [5.41, 5.74) is 0.822. The largest absolute Gasteiger partial charge is 0.327 e. The SMILES string of the molecule is CC(C)N(Cc1ccccn1)C(=O)c1nn[nH]n1. The van der Waals surface area contributed by atoms with Crippen LogP contribution >= 0.6 is 0 Å². The van der Waals surface area contributed by atoms with Crippen molar-refractivity contribution in [3.63, 3.8) is 0 Å².